The maximum absolute atomic E-state index is 11.6. The molecule has 0 saturated heterocycles. The van der Waals surface area contributed by atoms with Gasteiger partial charge >= 0.3 is 0 Å². The van der Waals surface area contributed by atoms with Crippen LogP contribution in [0.5, 0.6) is 0 Å². The number of hydrogen-bond donors (Lipinski definition) is 2. The Labute approximate surface area is 108 Å². The van der Waals surface area contributed by atoms with E-state index < -0.39 is 0 Å². The first kappa shape index (κ1) is 14.2. The molecule has 0 aliphatic heterocycles. The number of amides is 1. The van der Waals surface area contributed by atoms with E-state index in [0.29, 0.717) is 19.0 Å². The molecule has 0 atom stereocenters. The molecule has 0 aliphatic rings. The van der Waals surface area contributed by atoms with E-state index in [1.165, 1.54) is 0 Å². The Morgan fingerprint density at radius 2 is 2.17 bits per heavy atom. The van der Waals surface area contributed by atoms with Gasteiger partial charge in [0.05, 0.1) is 6.54 Å². The zero-order chi connectivity index (χ0) is 13.5. The number of nitrogens with one attached hydrogen (secondary N) is 2. The van der Waals surface area contributed by atoms with Crippen LogP contribution in [0.25, 0.3) is 0 Å². The van der Waals surface area contributed by atoms with E-state index in [2.05, 4.69) is 20.6 Å². The van der Waals surface area contributed by atoms with Crippen LogP contribution in [0.2, 0.25) is 0 Å². The number of carbonyl (C=O) groups is 1. The predicted molar refractivity (Wildman–Crippen MR) is 72.9 cm³/mol. The van der Waals surface area contributed by atoms with Gasteiger partial charge in [-0.25, -0.2) is 4.98 Å². The molecule has 0 aliphatic carbocycles. The lowest BCUT2D eigenvalue weighted by Crippen LogP contribution is -2.35. The molecule has 1 heterocycles. The third-order valence-corrected chi connectivity index (χ3v) is 2.41. The second-order valence-electron chi connectivity index (χ2n) is 4.15. The van der Waals surface area contributed by atoms with E-state index in [1.807, 2.05) is 27.0 Å². The third-order valence-electron chi connectivity index (χ3n) is 2.41. The fourth-order valence-electron chi connectivity index (χ4n) is 1.48. The minimum atomic E-state index is 0.00150. The molecule has 6 nitrogen and oxygen atoms in total. The number of hydrogen-bond acceptors (Lipinski definition) is 5. The fraction of sp³-hybridized carbons (Fsp3) is 0.583. The molecule has 18 heavy (non-hydrogen) atoms. The summed E-state index contributed by atoms with van der Waals surface area (Å²) in [5, 5.41) is 5.74. The maximum Gasteiger partial charge on any atom is 0.239 e. The van der Waals surface area contributed by atoms with Gasteiger partial charge in [-0.2, -0.15) is 4.98 Å². The van der Waals surface area contributed by atoms with Crippen LogP contribution in [0.3, 0.4) is 0 Å². The van der Waals surface area contributed by atoms with Crippen molar-refractivity contribution in [3.05, 3.63) is 11.8 Å². The summed E-state index contributed by atoms with van der Waals surface area (Å²) in [5.41, 5.74) is 0.866. The Bertz CT molecular complexity index is 407. The van der Waals surface area contributed by atoms with Crippen molar-refractivity contribution in [1.29, 1.82) is 0 Å². The molecule has 0 unspecified atom stereocenters. The van der Waals surface area contributed by atoms with Crippen molar-refractivity contribution >= 4 is 17.7 Å². The average Bonchev–Trinajstić information content (AvgIpc) is 2.35. The van der Waals surface area contributed by atoms with Crippen LogP contribution in [-0.4, -0.2) is 43.1 Å². The van der Waals surface area contributed by atoms with Crippen LogP contribution in [0.1, 0.15) is 19.0 Å². The van der Waals surface area contributed by atoms with E-state index in [1.54, 1.807) is 11.9 Å². The molecule has 1 rings (SSSR count). The summed E-state index contributed by atoms with van der Waals surface area (Å²) in [7, 11) is 3.61. The Morgan fingerprint density at radius 3 is 2.78 bits per heavy atom. The van der Waals surface area contributed by atoms with Crippen molar-refractivity contribution in [2.24, 2.45) is 0 Å². The number of aromatic nitrogens is 2. The number of nitrogens with zero attached hydrogens (tertiary/aromatic N) is 3. The van der Waals surface area contributed by atoms with Gasteiger partial charge in [-0.15, -0.1) is 0 Å². The highest BCUT2D eigenvalue weighted by Gasteiger charge is 2.09. The smallest absolute Gasteiger partial charge is 0.239 e. The fourth-order valence-corrected chi connectivity index (χ4v) is 1.48. The van der Waals surface area contributed by atoms with Gasteiger partial charge in [-0.05, 0) is 13.3 Å². The summed E-state index contributed by atoms with van der Waals surface area (Å²) >= 11 is 0. The lowest BCUT2D eigenvalue weighted by Gasteiger charge is -2.18. The molecule has 0 aromatic carbocycles. The van der Waals surface area contributed by atoms with E-state index >= 15 is 0 Å². The van der Waals surface area contributed by atoms with Crippen molar-refractivity contribution in [3.8, 4) is 0 Å². The maximum atomic E-state index is 11.6. The van der Waals surface area contributed by atoms with Crippen molar-refractivity contribution < 1.29 is 4.79 Å². The van der Waals surface area contributed by atoms with Gasteiger partial charge in [0.15, 0.2) is 0 Å². The van der Waals surface area contributed by atoms with Gasteiger partial charge in [0.2, 0.25) is 11.9 Å². The highest BCUT2D eigenvalue weighted by Crippen LogP contribution is 2.12. The summed E-state index contributed by atoms with van der Waals surface area (Å²) in [6.45, 7) is 4.92. The molecule has 0 fully saturated rings. The van der Waals surface area contributed by atoms with Gasteiger partial charge in [-0.1, -0.05) is 6.92 Å². The van der Waals surface area contributed by atoms with Gasteiger partial charge in [0.25, 0.3) is 0 Å². The quantitative estimate of drug-likeness (QED) is 0.782. The van der Waals surface area contributed by atoms with Gasteiger partial charge < -0.3 is 15.5 Å². The van der Waals surface area contributed by atoms with Gasteiger partial charge in [-0.3, -0.25) is 4.79 Å². The first-order valence-corrected chi connectivity index (χ1v) is 6.08. The summed E-state index contributed by atoms with van der Waals surface area (Å²) in [5.74, 6) is 1.30. The third kappa shape index (κ3) is 4.20. The normalized spacial score (nSPS) is 10.0. The highest BCUT2D eigenvalue weighted by molar-refractivity contribution is 5.80. The van der Waals surface area contributed by atoms with Crippen LogP contribution in [-0.2, 0) is 4.79 Å². The minimum Gasteiger partial charge on any atom is -0.357 e. The monoisotopic (exact) mass is 251 g/mol. The number of anilines is 2. The highest BCUT2D eigenvalue weighted by atomic mass is 16.2. The molecule has 1 aromatic rings. The lowest BCUT2D eigenvalue weighted by molar-refractivity contribution is -0.119. The number of rotatable bonds is 6. The summed E-state index contributed by atoms with van der Waals surface area (Å²) in [4.78, 5) is 21.9. The molecular weight excluding hydrogens is 230 g/mol. The van der Waals surface area contributed by atoms with E-state index in [-0.39, 0.29) is 5.91 Å². The molecular formula is C12H21N5O. The molecule has 0 radical (unpaired) electrons. The molecule has 6 heteroatoms. The summed E-state index contributed by atoms with van der Waals surface area (Å²) in [6, 6.07) is 1.86. The zero-order valence-electron chi connectivity index (χ0n) is 11.4. The molecule has 1 amide bonds. The second kappa shape index (κ2) is 6.78. The van der Waals surface area contributed by atoms with E-state index in [9.17, 15) is 4.79 Å². The standard InChI is InChI=1S/C12H21N5O/c1-5-6-14-11(18)8-17(4)10-7-9(2)15-12(13-3)16-10/h7H,5-6,8H2,1-4H3,(H,14,18)(H,13,15,16). The van der Waals surface area contributed by atoms with Crippen molar-refractivity contribution in [3.63, 3.8) is 0 Å². The van der Waals surface area contributed by atoms with Crippen molar-refractivity contribution in [2.75, 3.05) is 37.4 Å². The van der Waals surface area contributed by atoms with E-state index in [4.69, 9.17) is 0 Å². The minimum absolute atomic E-state index is 0.00150. The number of likely N-dealkylation sites (N-methyl/N-ethyl adjacent to an activating group) is 1. The predicted octanol–water partition coefficient (Wildman–Crippen LogP) is 0.789. The van der Waals surface area contributed by atoms with Crippen LogP contribution in [0.15, 0.2) is 6.07 Å². The Hall–Kier alpha value is -1.85. The lowest BCUT2D eigenvalue weighted by atomic mass is 10.4. The molecule has 1 aromatic heterocycles. The molecule has 0 saturated carbocycles. The topological polar surface area (TPSA) is 70.2 Å². The first-order chi connectivity index (χ1) is 8.56. The van der Waals surface area contributed by atoms with Crippen LogP contribution < -0.4 is 15.5 Å². The summed E-state index contributed by atoms with van der Waals surface area (Å²) in [6.07, 6.45) is 0.936. The van der Waals surface area contributed by atoms with Crippen molar-refractivity contribution in [1.82, 2.24) is 15.3 Å². The molecule has 0 bridgehead atoms. The van der Waals surface area contributed by atoms with Crippen LogP contribution >= 0.6 is 0 Å². The Morgan fingerprint density at radius 1 is 1.44 bits per heavy atom. The molecule has 0 spiro atoms. The van der Waals surface area contributed by atoms with E-state index in [0.717, 1.165) is 17.9 Å². The SMILES string of the molecule is CCCNC(=O)CN(C)c1cc(C)nc(NC)n1. The first-order valence-electron chi connectivity index (χ1n) is 6.08. The largest absolute Gasteiger partial charge is 0.357 e. The van der Waals surface area contributed by atoms with Crippen LogP contribution in [0, 0.1) is 6.92 Å². The summed E-state index contributed by atoms with van der Waals surface area (Å²) < 4.78 is 0. The Kier molecular flexibility index (Phi) is 5.35. The average molecular weight is 251 g/mol. The Balaban J connectivity index is 2.68. The van der Waals surface area contributed by atoms with Crippen LogP contribution in [0.4, 0.5) is 11.8 Å². The second-order valence-corrected chi connectivity index (χ2v) is 4.15. The van der Waals surface area contributed by atoms with Gasteiger partial charge in [0, 0.05) is 32.4 Å². The number of carbonyl (C=O) groups excluding carboxylic acids is 1. The van der Waals surface area contributed by atoms with Crippen molar-refractivity contribution in [2.45, 2.75) is 20.3 Å². The number of aryl methyl sites for hydroxylation is 1. The molecule has 100 valence electrons. The zero-order valence-corrected chi connectivity index (χ0v) is 11.4. The molecule has 2 N–H and O–H groups in total. The van der Waals surface area contributed by atoms with Gasteiger partial charge in [0.1, 0.15) is 5.82 Å².